The number of esters is 1. The van der Waals surface area contributed by atoms with Crippen LogP contribution in [0.4, 0.5) is 0 Å². The van der Waals surface area contributed by atoms with Crippen LogP contribution in [0.5, 0.6) is 0 Å². The average Bonchev–Trinajstić information content (AvgIpc) is 3.24. The van der Waals surface area contributed by atoms with Gasteiger partial charge in [-0.05, 0) is 95.5 Å². The first-order chi connectivity index (χ1) is 29.4. The second-order valence-electron chi connectivity index (χ2n) is 18.1. The highest BCUT2D eigenvalue weighted by Crippen LogP contribution is 2.39. The molecular formula is C46H72N2O14. The number of rotatable bonds is 10. The number of carboxylic acids is 1. The number of oxime groups is 1. The molecule has 4 rings (SSSR count). The fraction of sp³-hybridized carbons (Fsp3) is 0.761. The average molecular weight is 877 g/mol. The number of carboxylic acid groups (broad SMARTS) is 1. The van der Waals surface area contributed by atoms with Crippen LogP contribution in [0.2, 0.25) is 0 Å². The summed E-state index contributed by atoms with van der Waals surface area (Å²) in [5.74, 6) is -8.96. The quantitative estimate of drug-likeness (QED) is 0.103. The first-order valence-electron chi connectivity index (χ1n) is 22.2. The Bertz CT molecular complexity index is 1650. The molecule has 0 radical (unpaired) electrons. The zero-order valence-corrected chi connectivity index (χ0v) is 37.9. The van der Waals surface area contributed by atoms with Crippen molar-refractivity contribution in [3.63, 3.8) is 0 Å². The summed E-state index contributed by atoms with van der Waals surface area (Å²) in [5.41, 5.74) is 1.94. The minimum Gasteiger partial charge on any atom is -0.479 e. The van der Waals surface area contributed by atoms with Crippen LogP contribution in [0, 0.1) is 29.6 Å². The molecule has 3 heterocycles. The van der Waals surface area contributed by atoms with E-state index in [0.717, 1.165) is 5.57 Å². The van der Waals surface area contributed by atoms with Crippen molar-refractivity contribution in [3.05, 3.63) is 36.0 Å². The molecule has 3 aliphatic heterocycles. The minimum atomic E-state index is -2.54. The third-order valence-electron chi connectivity index (χ3n) is 13.3. The number of ether oxygens (including phenoxy) is 5. The van der Waals surface area contributed by atoms with Crippen molar-refractivity contribution in [2.24, 2.45) is 34.7 Å². The molecule has 4 aliphatic rings. The first kappa shape index (κ1) is 51.1. The molecule has 16 heteroatoms. The van der Waals surface area contributed by atoms with Crippen molar-refractivity contribution >= 4 is 29.3 Å². The van der Waals surface area contributed by atoms with Gasteiger partial charge >= 0.3 is 11.9 Å². The van der Waals surface area contributed by atoms with E-state index in [9.17, 15) is 39.6 Å². The number of fused-ring (bicyclic) bond motifs is 3. The van der Waals surface area contributed by atoms with Gasteiger partial charge in [-0.25, -0.2) is 9.59 Å². The number of hydrogen-bond acceptors (Lipinski definition) is 14. The molecule has 0 spiro atoms. The zero-order chi connectivity index (χ0) is 45.9. The summed E-state index contributed by atoms with van der Waals surface area (Å²) < 4.78 is 29.9. The zero-order valence-electron chi connectivity index (χ0n) is 37.9. The highest BCUT2D eigenvalue weighted by atomic mass is 16.7. The number of aliphatic hydroxyl groups excluding tert-OH is 2. The molecule has 2 saturated heterocycles. The molecule has 0 aromatic rings. The van der Waals surface area contributed by atoms with Crippen molar-refractivity contribution in [2.45, 2.75) is 160 Å². The number of nitrogens with zero attached hydrogens (tertiary/aromatic N) is 2. The van der Waals surface area contributed by atoms with Gasteiger partial charge in [0, 0.05) is 52.0 Å². The third-order valence-corrected chi connectivity index (χ3v) is 13.3. The van der Waals surface area contributed by atoms with Crippen molar-refractivity contribution < 1.29 is 68.1 Å². The molecule has 1 aliphatic carbocycles. The second kappa shape index (κ2) is 23.4. The maximum Gasteiger partial charge on any atom is 0.344 e. The second-order valence-corrected chi connectivity index (χ2v) is 18.1. The van der Waals surface area contributed by atoms with E-state index in [1.54, 1.807) is 34.0 Å². The number of amides is 1. The van der Waals surface area contributed by atoms with Crippen molar-refractivity contribution in [1.29, 1.82) is 0 Å². The van der Waals surface area contributed by atoms with E-state index in [2.05, 4.69) is 11.7 Å². The third kappa shape index (κ3) is 12.8. The molecule has 350 valence electrons. The number of Topliss-reactive ketones (excluding diaryl/α,β-unsaturated/α-hetero) is 1. The first-order valence-corrected chi connectivity index (χ1v) is 22.2. The number of carbonyl (C=O) groups excluding carboxylic acids is 3. The Hall–Kier alpha value is -3.51. The Morgan fingerprint density at radius 1 is 0.968 bits per heavy atom. The molecule has 16 nitrogen and oxygen atoms in total. The maximum absolute atomic E-state index is 14.5. The van der Waals surface area contributed by atoms with Crippen LogP contribution in [-0.2, 0) is 47.7 Å². The fourth-order valence-electron chi connectivity index (χ4n) is 9.72. The van der Waals surface area contributed by atoms with Gasteiger partial charge in [0.1, 0.15) is 18.2 Å². The van der Waals surface area contributed by atoms with Crippen LogP contribution >= 0.6 is 0 Å². The van der Waals surface area contributed by atoms with Crippen LogP contribution in [0.15, 0.2) is 41.1 Å². The van der Waals surface area contributed by atoms with Gasteiger partial charge in [-0.2, -0.15) is 0 Å². The maximum atomic E-state index is 14.5. The largest absolute Gasteiger partial charge is 0.479 e. The highest BCUT2D eigenvalue weighted by Gasteiger charge is 2.56. The Morgan fingerprint density at radius 2 is 1.65 bits per heavy atom. The Kier molecular flexibility index (Phi) is 19.3. The number of aliphatic hydroxyl groups is 3. The van der Waals surface area contributed by atoms with E-state index >= 15 is 0 Å². The van der Waals surface area contributed by atoms with E-state index in [0.29, 0.717) is 62.7 Å². The number of allylic oxidation sites excluding steroid dienone is 4. The SMILES string of the molecule is C=CC[C@@H]1/C=C(\C)C[C@H](C)C[C@H](OC)[C@H]2O[C@@](O)(C(=O)C(=O)N3CCCC[C@H]3C(=O)O[C@H](/C(C)=C/[C@@H]3CC[C@@H](O)[C@H](OC)C3)[C@H](C)[C@@H](O)C/C1=N/OCC(=O)O)[C@H](C)C[C@@H]2OC. The molecule has 14 atom stereocenters. The predicted molar refractivity (Wildman–Crippen MR) is 229 cm³/mol. The molecule has 0 unspecified atom stereocenters. The number of ketones is 1. The minimum absolute atomic E-state index is 0.0331. The molecule has 0 aromatic heterocycles. The van der Waals surface area contributed by atoms with Gasteiger partial charge in [0.05, 0.1) is 36.2 Å². The van der Waals surface area contributed by atoms with Gasteiger partial charge in [-0.1, -0.05) is 49.7 Å². The highest BCUT2D eigenvalue weighted by molar-refractivity contribution is 6.39. The molecule has 4 N–H and O–H groups in total. The molecular weight excluding hydrogens is 805 g/mol. The van der Waals surface area contributed by atoms with E-state index in [1.807, 2.05) is 26.0 Å². The number of carbonyl (C=O) groups is 4. The topological polar surface area (TPSA) is 220 Å². The van der Waals surface area contributed by atoms with Crippen LogP contribution in [0.1, 0.15) is 105 Å². The van der Waals surface area contributed by atoms with E-state index in [4.69, 9.17) is 28.5 Å². The number of hydrogen-bond donors (Lipinski definition) is 4. The molecule has 2 bridgehead atoms. The molecule has 0 aromatic carbocycles. The Morgan fingerprint density at radius 3 is 2.29 bits per heavy atom. The molecule has 62 heavy (non-hydrogen) atoms. The van der Waals surface area contributed by atoms with E-state index in [-0.39, 0.29) is 37.6 Å². The Balaban J connectivity index is 1.85. The van der Waals surface area contributed by atoms with Gasteiger partial charge in [0.25, 0.3) is 11.7 Å². The Labute approximate surface area is 366 Å². The van der Waals surface area contributed by atoms with E-state index < -0.39 is 103 Å². The lowest BCUT2D eigenvalue weighted by atomic mass is 9.81. The summed E-state index contributed by atoms with van der Waals surface area (Å²) in [7, 11) is 4.58. The predicted octanol–water partition coefficient (Wildman–Crippen LogP) is 4.53. The van der Waals surface area contributed by atoms with Crippen LogP contribution in [0.25, 0.3) is 0 Å². The number of methoxy groups -OCH3 is 3. The number of aliphatic carboxylic acids is 1. The van der Waals surface area contributed by atoms with Crippen LogP contribution in [-0.4, -0.2) is 144 Å². The van der Waals surface area contributed by atoms with Crippen molar-refractivity contribution in [1.82, 2.24) is 4.90 Å². The van der Waals surface area contributed by atoms with E-state index in [1.165, 1.54) is 19.1 Å². The van der Waals surface area contributed by atoms with Crippen LogP contribution < -0.4 is 0 Å². The van der Waals surface area contributed by atoms with Gasteiger partial charge in [0.15, 0.2) is 0 Å². The number of piperidine rings is 1. The number of cyclic esters (lactones) is 1. The van der Waals surface area contributed by atoms with Gasteiger partial charge in [-0.3, -0.25) is 9.59 Å². The summed E-state index contributed by atoms with van der Waals surface area (Å²) in [4.78, 5) is 61.0. The normalized spacial score (nSPS) is 39.1. The lowest BCUT2D eigenvalue weighted by Crippen LogP contribution is -2.64. The van der Waals surface area contributed by atoms with Gasteiger partial charge < -0.3 is 53.8 Å². The summed E-state index contributed by atoms with van der Waals surface area (Å²) >= 11 is 0. The van der Waals surface area contributed by atoms with Gasteiger partial charge in [0.2, 0.25) is 12.4 Å². The summed E-state index contributed by atoms with van der Waals surface area (Å²) in [5, 5.41) is 48.3. The lowest BCUT2D eigenvalue weighted by molar-refractivity contribution is -0.302. The molecule has 1 saturated carbocycles. The monoisotopic (exact) mass is 876 g/mol. The van der Waals surface area contributed by atoms with Crippen molar-refractivity contribution in [2.75, 3.05) is 34.5 Å². The summed E-state index contributed by atoms with van der Waals surface area (Å²) in [6.07, 6.45) is 4.67. The van der Waals surface area contributed by atoms with Gasteiger partial charge in [-0.15, -0.1) is 6.58 Å². The summed E-state index contributed by atoms with van der Waals surface area (Å²) in [6, 6.07) is -1.18. The fourth-order valence-corrected chi connectivity index (χ4v) is 9.72. The molecule has 1 amide bonds. The lowest BCUT2D eigenvalue weighted by Gasteiger charge is -2.47. The molecule has 3 fully saturated rings. The summed E-state index contributed by atoms with van der Waals surface area (Å²) in [6.45, 7) is 12.4. The van der Waals surface area contributed by atoms with Crippen LogP contribution in [0.3, 0.4) is 0 Å². The smallest absolute Gasteiger partial charge is 0.344 e. The standard InChI is InChI=1S/C46H72N2O14/c1-10-13-32-19-26(2)18-27(3)20-38(58-8)42-39(59-9)22-29(5)46(56,62-42)43(53)44(54)48-17-12-11-14-34(48)45(55)61-41(28(4)21-31-15-16-35(49)37(23-31)57-7)30(6)36(50)24-33(32)47-60-25-40(51)52/h10,19,21,27,29-32,34-39,41-42,49-50,56H,1,11-18,20,22-25H2,2-9H3,(H,51,52)/b26-19+,28-21+,47-33-/t27-,29+,30+,31-,32+,34-,35+,36-,37+,38-,39-,41+,42+,46+/m0/s1. The van der Waals surface area contributed by atoms with Crippen molar-refractivity contribution in [3.8, 4) is 0 Å².